The first-order chi connectivity index (χ1) is 6.15. The van der Waals surface area contributed by atoms with Crippen molar-refractivity contribution in [3.8, 4) is 5.75 Å². The van der Waals surface area contributed by atoms with Crippen LogP contribution in [0.15, 0.2) is 12.1 Å². The number of hydrogen-bond acceptors (Lipinski definition) is 1. The van der Waals surface area contributed by atoms with Crippen LogP contribution in [-0.2, 0) is 6.42 Å². The SMILES string of the molecule is CCCCc1cc(Cl)c(O)c(Cl)c1. The molecule has 0 radical (unpaired) electrons. The molecule has 1 aromatic rings. The van der Waals surface area contributed by atoms with Gasteiger partial charge in [0.1, 0.15) is 0 Å². The minimum atomic E-state index is -0.0245. The number of unbranched alkanes of at least 4 members (excludes halogenated alkanes) is 1. The molecular weight excluding hydrogens is 207 g/mol. The summed E-state index contributed by atoms with van der Waals surface area (Å²) in [5, 5.41) is 9.96. The van der Waals surface area contributed by atoms with Crippen molar-refractivity contribution in [3.05, 3.63) is 27.7 Å². The normalized spacial score (nSPS) is 10.4. The molecule has 0 fully saturated rings. The summed E-state index contributed by atoms with van der Waals surface area (Å²) in [7, 11) is 0. The summed E-state index contributed by atoms with van der Waals surface area (Å²) in [4.78, 5) is 0. The summed E-state index contributed by atoms with van der Waals surface area (Å²) in [6, 6.07) is 3.52. The predicted molar refractivity (Wildman–Crippen MR) is 56.7 cm³/mol. The fourth-order valence-electron chi connectivity index (χ4n) is 1.14. The van der Waals surface area contributed by atoms with E-state index in [2.05, 4.69) is 6.92 Å². The standard InChI is InChI=1S/C10H12Cl2O/c1-2-3-4-7-5-8(11)10(13)9(12)6-7/h5-6,13H,2-4H2,1H3. The molecule has 1 N–H and O–H groups in total. The molecule has 0 heterocycles. The Hall–Kier alpha value is -0.400. The second-order valence-corrected chi connectivity index (χ2v) is 3.83. The van der Waals surface area contributed by atoms with Crippen molar-refractivity contribution >= 4 is 23.2 Å². The van der Waals surface area contributed by atoms with Crippen molar-refractivity contribution in [2.75, 3.05) is 0 Å². The zero-order valence-electron chi connectivity index (χ0n) is 7.48. The Labute approximate surface area is 88.3 Å². The van der Waals surface area contributed by atoms with E-state index in [0.29, 0.717) is 10.0 Å². The fraction of sp³-hybridized carbons (Fsp3) is 0.400. The largest absolute Gasteiger partial charge is 0.505 e. The van der Waals surface area contributed by atoms with E-state index in [1.165, 1.54) is 0 Å². The van der Waals surface area contributed by atoms with E-state index in [4.69, 9.17) is 23.2 Å². The zero-order valence-corrected chi connectivity index (χ0v) is 8.99. The molecule has 0 amide bonds. The van der Waals surface area contributed by atoms with Crippen LogP contribution in [0.3, 0.4) is 0 Å². The van der Waals surface area contributed by atoms with Gasteiger partial charge in [0.2, 0.25) is 0 Å². The van der Waals surface area contributed by atoms with Crippen LogP contribution in [0.5, 0.6) is 5.75 Å². The molecular formula is C10H12Cl2O. The maximum atomic E-state index is 9.29. The van der Waals surface area contributed by atoms with E-state index in [1.54, 1.807) is 12.1 Å². The summed E-state index contributed by atoms with van der Waals surface area (Å²) in [6.45, 7) is 2.13. The predicted octanol–water partition coefficient (Wildman–Crippen LogP) is 4.04. The molecule has 13 heavy (non-hydrogen) atoms. The van der Waals surface area contributed by atoms with Crippen molar-refractivity contribution in [1.29, 1.82) is 0 Å². The molecule has 1 aromatic carbocycles. The van der Waals surface area contributed by atoms with Crippen molar-refractivity contribution in [2.45, 2.75) is 26.2 Å². The van der Waals surface area contributed by atoms with Crippen molar-refractivity contribution < 1.29 is 5.11 Å². The summed E-state index contributed by atoms with van der Waals surface area (Å²) < 4.78 is 0. The number of halogens is 2. The Morgan fingerprint density at radius 1 is 1.23 bits per heavy atom. The van der Waals surface area contributed by atoms with Gasteiger partial charge in [-0.15, -0.1) is 0 Å². The van der Waals surface area contributed by atoms with Crippen LogP contribution in [-0.4, -0.2) is 5.11 Å². The van der Waals surface area contributed by atoms with Crippen LogP contribution >= 0.6 is 23.2 Å². The number of hydrogen-bond donors (Lipinski definition) is 1. The van der Waals surface area contributed by atoms with Crippen molar-refractivity contribution in [3.63, 3.8) is 0 Å². The molecule has 3 heteroatoms. The quantitative estimate of drug-likeness (QED) is 0.813. The first-order valence-corrected chi connectivity index (χ1v) is 5.07. The monoisotopic (exact) mass is 218 g/mol. The van der Waals surface area contributed by atoms with Gasteiger partial charge in [0.05, 0.1) is 10.0 Å². The van der Waals surface area contributed by atoms with Crippen LogP contribution in [0.1, 0.15) is 25.3 Å². The highest BCUT2D eigenvalue weighted by molar-refractivity contribution is 6.37. The van der Waals surface area contributed by atoms with Gasteiger partial charge < -0.3 is 5.11 Å². The van der Waals surface area contributed by atoms with Gasteiger partial charge in [0, 0.05) is 0 Å². The molecule has 0 aliphatic heterocycles. The molecule has 0 atom stereocenters. The van der Waals surface area contributed by atoms with E-state index in [0.717, 1.165) is 24.8 Å². The lowest BCUT2D eigenvalue weighted by atomic mass is 10.1. The van der Waals surface area contributed by atoms with Gasteiger partial charge in [-0.1, -0.05) is 36.5 Å². The maximum Gasteiger partial charge on any atom is 0.152 e. The average molecular weight is 219 g/mol. The summed E-state index contributed by atoms with van der Waals surface area (Å²) in [5.74, 6) is -0.0245. The number of benzene rings is 1. The molecule has 0 saturated heterocycles. The maximum absolute atomic E-state index is 9.29. The number of aryl methyl sites for hydroxylation is 1. The Morgan fingerprint density at radius 2 is 1.77 bits per heavy atom. The first-order valence-electron chi connectivity index (χ1n) is 4.32. The summed E-state index contributed by atoms with van der Waals surface area (Å²) >= 11 is 11.5. The summed E-state index contributed by atoms with van der Waals surface area (Å²) in [6.07, 6.45) is 3.20. The van der Waals surface area contributed by atoms with Gasteiger partial charge in [-0.3, -0.25) is 0 Å². The van der Waals surface area contributed by atoms with Gasteiger partial charge in [0.25, 0.3) is 0 Å². The third-order valence-electron chi connectivity index (χ3n) is 1.90. The molecule has 0 aliphatic carbocycles. The molecule has 1 nitrogen and oxygen atoms in total. The fourth-order valence-corrected chi connectivity index (χ4v) is 1.68. The first kappa shape index (κ1) is 10.7. The van der Waals surface area contributed by atoms with Crippen molar-refractivity contribution in [1.82, 2.24) is 0 Å². The molecule has 0 spiro atoms. The van der Waals surface area contributed by atoms with Gasteiger partial charge in [0.15, 0.2) is 5.75 Å². The Kier molecular flexibility index (Phi) is 3.89. The number of phenols is 1. The lowest BCUT2D eigenvalue weighted by Gasteiger charge is -2.04. The van der Waals surface area contributed by atoms with Gasteiger partial charge in [-0.05, 0) is 30.5 Å². The van der Waals surface area contributed by atoms with E-state index < -0.39 is 0 Å². The van der Waals surface area contributed by atoms with Gasteiger partial charge >= 0.3 is 0 Å². The van der Waals surface area contributed by atoms with Crippen LogP contribution in [0.4, 0.5) is 0 Å². The van der Waals surface area contributed by atoms with Gasteiger partial charge in [-0.2, -0.15) is 0 Å². The smallest absolute Gasteiger partial charge is 0.152 e. The van der Waals surface area contributed by atoms with Crippen LogP contribution in [0, 0.1) is 0 Å². The van der Waals surface area contributed by atoms with Crippen LogP contribution < -0.4 is 0 Å². The molecule has 72 valence electrons. The third kappa shape index (κ3) is 2.78. The number of rotatable bonds is 3. The third-order valence-corrected chi connectivity index (χ3v) is 2.47. The topological polar surface area (TPSA) is 20.2 Å². The highest BCUT2D eigenvalue weighted by Crippen LogP contribution is 2.32. The van der Waals surface area contributed by atoms with E-state index >= 15 is 0 Å². The number of aromatic hydroxyl groups is 1. The van der Waals surface area contributed by atoms with E-state index in [1.807, 2.05) is 0 Å². The Morgan fingerprint density at radius 3 is 2.23 bits per heavy atom. The van der Waals surface area contributed by atoms with Crippen LogP contribution in [0.25, 0.3) is 0 Å². The molecule has 0 saturated carbocycles. The Bertz CT molecular complexity index is 274. The average Bonchev–Trinajstić information content (AvgIpc) is 2.10. The highest BCUT2D eigenvalue weighted by atomic mass is 35.5. The minimum absolute atomic E-state index is 0.0245. The van der Waals surface area contributed by atoms with Crippen LogP contribution in [0.2, 0.25) is 10.0 Å². The lowest BCUT2D eigenvalue weighted by molar-refractivity contribution is 0.475. The minimum Gasteiger partial charge on any atom is -0.505 e. The second kappa shape index (κ2) is 4.73. The molecule has 1 rings (SSSR count). The van der Waals surface area contributed by atoms with E-state index in [-0.39, 0.29) is 5.75 Å². The second-order valence-electron chi connectivity index (χ2n) is 3.01. The molecule has 0 aromatic heterocycles. The van der Waals surface area contributed by atoms with Gasteiger partial charge in [-0.25, -0.2) is 0 Å². The zero-order chi connectivity index (χ0) is 9.84. The Balaban J connectivity index is 2.86. The lowest BCUT2D eigenvalue weighted by Crippen LogP contribution is -1.85. The van der Waals surface area contributed by atoms with Crippen molar-refractivity contribution in [2.24, 2.45) is 0 Å². The van der Waals surface area contributed by atoms with E-state index in [9.17, 15) is 5.11 Å². The molecule has 0 bridgehead atoms. The summed E-state index contributed by atoms with van der Waals surface area (Å²) in [5.41, 5.74) is 1.08. The highest BCUT2D eigenvalue weighted by Gasteiger charge is 2.05. The molecule has 0 aliphatic rings. The number of phenolic OH excluding ortho intramolecular Hbond substituents is 1. The molecule has 0 unspecified atom stereocenters.